The van der Waals surface area contributed by atoms with Gasteiger partial charge in [0.15, 0.2) is 11.6 Å². The van der Waals surface area contributed by atoms with E-state index in [4.69, 9.17) is 0 Å². The van der Waals surface area contributed by atoms with Gasteiger partial charge in [-0.2, -0.15) is 0 Å². The van der Waals surface area contributed by atoms with Gasteiger partial charge >= 0.3 is 0 Å². The van der Waals surface area contributed by atoms with Gasteiger partial charge < -0.3 is 10.2 Å². The number of nitrogens with one attached hydrogen (secondary N) is 1. The van der Waals surface area contributed by atoms with Crippen molar-refractivity contribution in [3.63, 3.8) is 0 Å². The first-order valence-corrected chi connectivity index (χ1v) is 7.81. The number of hydrogen-bond acceptors (Lipinski definition) is 3. The van der Waals surface area contributed by atoms with Gasteiger partial charge in [-0.25, -0.2) is 8.78 Å². The number of halogens is 2. The molecule has 0 saturated carbocycles. The molecule has 3 rings (SSSR count). The second-order valence-corrected chi connectivity index (χ2v) is 6.11. The van der Waals surface area contributed by atoms with Crippen LogP contribution in [-0.4, -0.2) is 49.7 Å². The van der Waals surface area contributed by atoms with E-state index in [1.807, 2.05) is 0 Å². The molecular weight excluding hydrogens is 272 g/mol. The van der Waals surface area contributed by atoms with Gasteiger partial charge in [-0.3, -0.25) is 4.90 Å². The largest absolute Gasteiger partial charge is 0.371 e. The van der Waals surface area contributed by atoms with Gasteiger partial charge in [0.2, 0.25) is 0 Å². The highest BCUT2D eigenvalue weighted by Crippen LogP contribution is 2.25. The smallest absolute Gasteiger partial charge is 0.160 e. The number of rotatable bonds is 2. The van der Waals surface area contributed by atoms with Crippen molar-refractivity contribution < 1.29 is 8.78 Å². The molecule has 0 bridgehead atoms. The summed E-state index contributed by atoms with van der Waals surface area (Å²) in [5.41, 5.74) is 0.792. The zero-order valence-corrected chi connectivity index (χ0v) is 12.5. The number of nitrogens with zero attached hydrogens (tertiary/aromatic N) is 2. The Labute approximate surface area is 124 Å². The second-order valence-electron chi connectivity index (χ2n) is 6.11. The average molecular weight is 295 g/mol. The van der Waals surface area contributed by atoms with Crippen molar-refractivity contribution in [1.82, 2.24) is 10.2 Å². The molecule has 2 fully saturated rings. The van der Waals surface area contributed by atoms with E-state index in [1.165, 1.54) is 12.1 Å². The third-order valence-corrected chi connectivity index (χ3v) is 4.75. The molecule has 0 radical (unpaired) electrons. The number of piperazine rings is 1. The molecule has 2 aliphatic rings. The summed E-state index contributed by atoms with van der Waals surface area (Å²) in [4.78, 5) is 4.75. The quantitative estimate of drug-likeness (QED) is 0.902. The van der Waals surface area contributed by atoms with Gasteiger partial charge in [0, 0.05) is 56.6 Å². The summed E-state index contributed by atoms with van der Waals surface area (Å²) >= 11 is 0. The van der Waals surface area contributed by atoms with Crippen molar-refractivity contribution in [1.29, 1.82) is 0 Å². The Bertz CT molecular complexity index is 486. The number of hydrogen-bond donors (Lipinski definition) is 1. The molecule has 1 aromatic carbocycles. The molecule has 1 atom stereocenters. The summed E-state index contributed by atoms with van der Waals surface area (Å²) in [6.07, 6.45) is 2.17. The van der Waals surface area contributed by atoms with Crippen LogP contribution in [-0.2, 0) is 0 Å². The molecule has 2 saturated heterocycles. The minimum Gasteiger partial charge on any atom is -0.371 e. The molecule has 116 valence electrons. The Morgan fingerprint density at radius 1 is 1.10 bits per heavy atom. The highest BCUT2D eigenvalue weighted by atomic mass is 19.2. The minimum absolute atomic E-state index is 0.582. The van der Waals surface area contributed by atoms with Crippen molar-refractivity contribution in [3.8, 4) is 0 Å². The van der Waals surface area contributed by atoms with Crippen molar-refractivity contribution in [2.45, 2.75) is 31.8 Å². The third kappa shape index (κ3) is 3.19. The van der Waals surface area contributed by atoms with Gasteiger partial charge in [0.05, 0.1) is 0 Å². The van der Waals surface area contributed by atoms with Crippen LogP contribution in [0.3, 0.4) is 0 Å². The summed E-state index contributed by atoms with van der Waals surface area (Å²) < 4.78 is 26.3. The normalized spacial score (nSPS) is 25.3. The Balaban J connectivity index is 1.60. The maximum absolute atomic E-state index is 13.3. The van der Waals surface area contributed by atoms with Crippen molar-refractivity contribution >= 4 is 5.69 Å². The van der Waals surface area contributed by atoms with Crippen molar-refractivity contribution in [2.24, 2.45) is 0 Å². The van der Waals surface area contributed by atoms with Crippen LogP contribution in [0.4, 0.5) is 14.5 Å². The molecule has 2 aliphatic heterocycles. The zero-order valence-electron chi connectivity index (χ0n) is 12.5. The van der Waals surface area contributed by atoms with Crippen LogP contribution < -0.4 is 10.2 Å². The van der Waals surface area contributed by atoms with E-state index in [-0.39, 0.29) is 0 Å². The van der Waals surface area contributed by atoms with Crippen LogP contribution >= 0.6 is 0 Å². The lowest BCUT2D eigenvalue weighted by molar-refractivity contribution is 0.0997. The summed E-state index contributed by atoms with van der Waals surface area (Å²) in [6, 6.07) is 5.40. The molecule has 1 aromatic rings. The fourth-order valence-electron chi connectivity index (χ4n) is 3.54. The predicted octanol–water partition coefficient (Wildman–Crippen LogP) is 2.23. The fourth-order valence-corrected chi connectivity index (χ4v) is 3.54. The van der Waals surface area contributed by atoms with Crippen LogP contribution in [0.2, 0.25) is 0 Å². The Hall–Kier alpha value is -1.20. The molecule has 0 amide bonds. The molecule has 0 aliphatic carbocycles. The first-order valence-electron chi connectivity index (χ1n) is 7.81. The van der Waals surface area contributed by atoms with Crippen molar-refractivity contribution in [2.75, 3.05) is 37.6 Å². The lowest BCUT2D eigenvalue weighted by Crippen LogP contribution is -2.56. The van der Waals surface area contributed by atoms with Crippen LogP contribution in [0.1, 0.15) is 19.8 Å². The van der Waals surface area contributed by atoms with Gasteiger partial charge in [-0.05, 0) is 31.9 Å². The third-order valence-electron chi connectivity index (χ3n) is 4.75. The standard InChI is InChI=1S/C16H23F2N3/c1-12-11-19-6-9-21(12)13-4-7-20(8-5-13)14-2-3-15(17)16(18)10-14/h2-3,10,12-13,19H,4-9,11H2,1H3/t12-/m0/s1. The molecule has 0 spiro atoms. The summed E-state index contributed by atoms with van der Waals surface area (Å²) in [6.45, 7) is 7.32. The van der Waals surface area contributed by atoms with Crippen LogP contribution in [0.15, 0.2) is 18.2 Å². The number of anilines is 1. The number of piperidine rings is 1. The minimum atomic E-state index is -0.775. The molecule has 0 aromatic heterocycles. The first kappa shape index (κ1) is 14.7. The van der Waals surface area contributed by atoms with Crippen LogP contribution in [0.5, 0.6) is 0 Å². The molecule has 5 heteroatoms. The van der Waals surface area contributed by atoms with E-state index in [9.17, 15) is 8.78 Å². The molecule has 3 nitrogen and oxygen atoms in total. The van der Waals surface area contributed by atoms with Gasteiger partial charge in [0.1, 0.15) is 0 Å². The van der Waals surface area contributed by atoms with Crippen molar-refractivity contribution in [3.05, 3.63) is 29.8 Å². The second kappa shape index (κ2) is 6.28. The Morgan fingerprint density at radius 3 is 2.52 bits per heavy atom. The van der Waals surface area contributed by atoms with E-state index < -0.39 is 11.6 Å². The summed E-state index contributed by atoms with van der Waals surface area (Å²) in [7, 11) is 0. The monoisotopic (exact) mass is 295 g/mol. The van der Waals surface area contributed by atoms with E-state index in [2.05, 4.69) is 22.0 Å². The summed E-state index contributed by atoms with van der Waals surface area (Å²) in [5, 5.41) is 3.42. The molecule has 0 unspecified atom stereocenters. The summed E-state index contributed by atoms with van der Waals surface area (Å²) in [5.74, 6) is -1.53. The first-order chi connectivity index (χ1) is 10.1. The highest BCUT2D eigenvalue weighted by Gasteiger charge is 2.29. The topological polar surface area (TPSA) is 18.5 Å². The van der Waals surface area contributed by atoms with E-state index in [0.717, 1.165) is 51.3 Å². The molecule has 1 N–H and O–H groups in total. The lowest BCUT2D eigenvalue weighted by atomic mass is 9.99. The highest BCUT2D eigenvalue weighted by molar-refractivity contribution is 5.47. The Kier molecular flexibility index (Phi) is 4.40. The van der Waals surface area contributed by atoms with E-state index >= 15 is 0 Å². The lowest BCUT2D eigenvalue weighted by Gasteiger charge is -2.44. The van der Waals surface area contributed by atoms with Gasteiger partial charge in [0.25, 0.3) is 0 Å². The average Bonchev–Trinajstić information content (AvgIpc) is 2.51. The van der Waals surface area contributed by atoms with Gasteiger partial charge in [-0.15, -0.1) is 0 Å². The van der Waals surface area contributed by atoms with Crippen LogP contribution in [0, 0.1) is 11.6 Å². The Morgan fingerprint density at radius 2 is 1.86 bits per heavy atom. The predicted molar refractivity (Wildman–Crippen MR) is 80.6 cm³/mol. The van der Waals surface area contributed by atoms with E-state index in [1.54, 1.807) is 6.07 Å². The SMILES string of the molecule is C[C@H]1CNCCN1C1CCN(c2ccc(F)c(F)c2)CC1. The fraction of sp³-hybridized carbons (Fsp3) is 0.625. The molecular formula is C16H23F2N3. The van der Waals surface area contributed by atoms with E-state index in [0.29, 0.717) is 12.1 Å². The van der Waals surface area contributed by atoms with Crippen LogP contribution in [0.25, 0.3) is 0 Å². The molecule has 2 heterocycles. The maximum Gasteiger partial charge on any atom is 0.160 e. The maximum atomic E-state index is 13.3. The number of benzene rings is 1. The molecule has 21 heavy (non-hydrogen) atoms. The van der Waals surface area contributed by atoms with Gasteiger partial charge in [-0.1, -0.05) is 0 Å². The zero-order chi connectivity index (χ0) is 14.8.